The summed E-state index contributed by atoms with van der Waals surface area (Å²) in [4.78, 5) is 30.2. The third-order valence-electron chi connectivity index (χ3n) is 4.89. The first-order valence-electron chi connectivity index (χ1n) is 8.44. The maximum absolute atomic E-state index is 12.7. The third-order valence-corrected chi connectivity index (χ3v) is 4.89. The second-order valence-electron chi connectivity index (χ2n) is 6.31. The molecule has 2 saturated heterocycles. The van der Waals surface area contributed by atoms with Gasteiger partial charge < -0.3 is 14.7 Å². The molecular weight excluding hydrogens is 304 g/mol. The molecule has 0 saturated carbocycles. The molecule has 6 heteroatoms. The fourth-order valence-corrected chi connectivity index (χ4v) is 3.49. The van der Waals surface area contributed by atoms with Gasteiger partial charge in [0.2, 0.25) is 11.8 Å². The zero-order valence-electron chi connectivity index (χ0n) is 13.9. The van der Waals surface area contributed by atoms with Gasteiger partial charge in [-0.15, -0.1) is 0 Å². The van der Waals surface area contributed by atoms with Crippen molar-refractivity contribution in [3.05, 3.63) is 29.8 Å². The first-order valence-corrected chi connectivity index (χ1v) is 8.44. The number of carbonyl (C=O) groups excluding carboxylic acids is 2. The molecular formula is C18H22N4O2. The molecule has 0 N–H and O–H groups in total. The van der Waals surface area contributed by atoms with E-state index in [4.69, 9.17) is 0 Å². The Morgan fingerprint density at radius 2 is 1.88 bits per heavy atom. The van der Waals surface area contributed by atoms with Crippen LogP contribution >= 0.6 is 0 Å². The first-order chi connectivity index (χ1) is 11.6. The molecule has 2 aliphatic rings. The van der Waals surface area contributed by atoms with Gasteiger partial charge in [0.05, 0.1) is 11.3 Å². The van der Waals surface area contributed by atoms with Crippen LogP contribution in [0, 0.1) is 11.3 Å². The van der Waals surface area contributed by atoms with E-state index in [9.17, 15) is 14.9 Å². The van der Waals surface area contributed by atoms with Gasteiger partial charge in [0.25, 0.3) is 0 Å². The molecule has 2 aliphatic heterocycles. The molecule has 0 radical (unpaired) electrons. The van der Waals surface area contributed by atoms with Crippen LogP contribution in [0.2, 0.25) is 0 Å². The Labute approximate surface area is 142 Å². The minimum absolute atomic E-state index is 0.0264. The fraction of sp³-hybridized carbons (Fsp3) is 0.500. The van der Waals surface area contributed by atoms with Gasteiger partial charge in [-0.3, -0.25) is 9.59 Å². The Balaban J connectivity index is 1.61. The Morgan fingerprint density at radius 3 is 2.50 bits per heavy atom. The smallest absolute Gasteiger partial charge is 0.245 e. The molecule has 24 heavy (non-hydrogen) atoms. The summed E-state index contributed by atoms with van der Waals surface area (Å²) in [7, 11) is 0. The number of likely N-dealkylation sites (tertiary alicyclic amines) is 1. The summed E-state index contributed by atoms with van der Waals surface area (Å²) < 4.78 is 0. The van der Waals surface area contributed by atoms with Gasteiger partial charge in [-0.25, -0.2) is 0 Å². The molecule has 2 fully saturated rings. The van der Waals surface area contributed by atoms with Gasteiger partial charge in [0.15, 0.2) is 0 Å². The maximum atomic E-state index is 12.7. The highest BCUT2D eigenvalue weighted by molar-refractivity contribution is 5.88. The number of hydrogen-bond acceptors (Lipinski definition) is 4. The summed E-state index contributed by atoms with van der Waals surface area (Å²) >= 11 is 0. The zero-order valence-corrected chi connectivity index (χ0v) is 13.9. The molecule has 0 spiro atoms. The Morgan fingerprint density at radius 1 is 1.17 bits per heavy atom. The predicted molar refractivity (Wildman–Crippen MR) is 90.4 cm³/mol. The van der Waals surface area contributed by atoms with Gasteiger partial charge in [-0.05, 0) is 25.5 Å². The Bertz CT molecular complexity index is 674. The van der Waals surface area contributed by atoms with E-state index in [2.05, 4.69) is 11.0 Å². The van der Waals surface area contributed by atoms with Crippen LogP contribution in [0.4, 0.5) is 5.69 Å². The standard InChI is InChI=1S/C18H22N4O2/c1-14(22-8-4-7-17(22)23)18(24)21-11-9-20(10-12-21)16-6-3-2-5-15(16)13-19/h2-3,5-6,14H,4,7-12H2,1H3/t14-/m1/s1. The van der Waals surface area contributed by atoms with E-state index in [1.807, 2.05) is 36.1 Å². The number of benzene rings is 1. The first kappa shape index (κ1) is 16.3. The van der Waals surface area contributed by atoms with Gasteiger partial charge in [-0.2, -0.15) is 5.26 Å². The number of rotatable bonds is 3. The van der Waals surface area contributed by atoms with Gasteiger partial charge in [0.1, 0.15) is 12.1 Å². The lowest BCUT2D eigenvalue weighted by molar-refractivity contribution is -0.143. The normalized spacial score (nSPS) is 19.3. The summed E-state index contributed by atoms with van der Waals surface area (Å²) in [6, 6.07) is 9.39. The molecule has 1 atom stereocenters. The molecule has 0 unspecified atom stereocenters. The van der Waals surface area contributed by atoms with Crippen molar-refractivity contribution in [2.75, 3.05) is 37.6 Å². The number of amides is 2. The highest BCUT2D eigenvalue weighted by Gasteiger charge is 2.33. The second-order valence-corrected chi connectivity index (χ2v) is 6.31. The molecule has 3 rings (SSSR count). The summed E-state index contributed by atoms with van der Waals surface area (Å²) in [5.41, 5.74) is 1.59. The lowest BCUT2D eigenvalue weighted by atomic mass is 10.1. The molecule has 1 aromatic carbocycles. The van der Waals surface area contributed by atoms with Crippen molar-refractivity contribution in [1.29, 1.82) is 5.26 Å². The van der Waals surface area contributed by atoms with Crippen LogP contribution in [-0.2, 0) is 9.59 Å². The molecule has 0 bridgehead atoms. The number of nitrogens with zero attached hydrogens (tertiary/aromatic N) is 4. The van der Waals surface area contributed by atoms with Crippen LogP contribution in [-0.4, -0.2) is 60.4 Å². The van der Waals surface area contributed by atoms with Gasteiger partial charge >= 0.3 is 0 Å². The van der Waals surface area contributed by atoms with Crippen molar-refractivity contribution in [2.24, 2.45) is 0 Å². The van der Waals surface area contributed by atoms with Crippen molar-refractivity contribution in [1.82, 2.24) is 9.80 Å². The molecule has 6 nitrogen and oxygen atoms in total. The van der Waals surface area contributed by atoms with Crippen molar-refractivity contribution in [3.8, 4) is 6.07 Å². The predicted octanol–water partition coefficient (Wildman–Crippen LogP) is 1.22. The fourth-order valence-electron chi connectivity index (χ4n) is 3.49. The number of piperazine rings is 1. The van der Waals surface area contributed by atoms with E-state index in [0.717, 1.165) is 12.1 Å². The quantitative estimate of drug-likeness (QED) is 0.837. The molecule has 2 heterocycles. The van der Waals surface area contributed by atoms with E-state index in [-0.39, 0.29) is 17.9 Å². The minimum Gasteiger partial charge on any atom is -0.367 e. The van der Waals surface area contributed by atoms with Crippen LogP contribution in [0.3, 0.4) is 0 Å². The van der Waals surface area contributed by atoms with E-state index in [1.165, 1.54) is 0 Å². The van der Waals surface area contributed by atoms with Crippen LogP contribution < -0.4 is 4.90 Å². The number of anilines is 1. The topological polar surface area (TPSA) is 67.7 Å². The van der Waals surface area contributed by atoms with E-state index in [1.54, 1.807) is 4.90 Å². The lowest BCUT2D eigenvalue weighted by Gasteiger charge is -2.38. The van der Waals surface area contributed by atoms with Gasteiger partial charge in [-0.1, -0.05) is 12.1 Å². The monoisotopic (exact) mass is 326 g/mol. The van der Waals surface area contributed by atoms with Gasteiger partial charge in [0, 0.05) is 39.1 Å². The molecule has 126 valence electrons. The van der Waals surface area contributed by atoms with Crippen LogP contribution in [0.25, 0.3) is 0 Å². The number of para-hydroxylation sites is 1. The largest absolute Gasteiger partial charge is 0.367 e. The Hall–Kier alpha value is -2.55. The summed E-state index contributed by atoms with van der Waals surface area (Å²) in [6.07, 6.45) is 1.39. The highest BCUT2D eigenvalue weighted by atomic mass is 16.2. The van der Waals surface area contributed by atoms with E-state index in [0.29, 0.717) is 44.7 Å². The van der Waals surface area contributed by atoms with Crippen molar-refractivity contribution < 1.29 is 9.59 Å². The zero-order chi connectivity index (χ0) is 17.1. The minimum atomic E-state index is -0.377. The summed E-state index contributed by atoms with van der Waals surface area (Å²) in [5.74, 6) is 0.107. The van der Waals surface area contributed by atoms with E-state index < -0.39 is 0 Å². The average molecular weight is 326 g/mol. The molecule has 0 aromatic heterocycles. The second kappa shape index (κ2) is 6.91. The number of nitriles is 1. The lowest BCUT2D eigenvalue weighted by Crippen LogP contribution is -2.54. The summed E-state index contributed by atoms with van der Waals surface area (Å²) in [5, 5.41) is 9.23. The van der Waals surface area contributed by atoms with Crippen LogP contribution in [0.1, 0.15) is 25.3 Å². The SMILES string of the molecule is C[C@H](C(=O)N1CCN(c2ccccc2C#N)CC1)N1CCCC1=O. The number of carbonyl (C=O) groups is 2. The summed E-state index contributed by atoms with van der Waals surface area (Å²) in [6.45, 7) is 5.14. The van der Waals surface area contributed by atoms with Crippen molar-refractivity contribution in [2.45, 2.75) is 25.8 Å². The van der Waals surface area contributed by atoms with Crippen molar-refractivity contribution in [3.63, 3.8) is 0 Å². The van der Waals surface area contributed by atoms with Crippen molar-refractivity contribution >= 4 is 17.5 Å². The Kier molecular flexibility index (Phi) is 4.70. The number of hydrogen-bond donors (Lipinski definition) is 0. The van der Waals surface area contributed by atoms with Crippen LogP contribution in [0.5, 0.6) is 0 Å². The molecule has 1 aromatic rings. The maximum Gasteiger partial charge on any atom is 0.245 e. The third kappa shape index (κ3) is 3.07. The molecule has 2 amide bonds. The van der Waals surface area contributed by atoms with E-state index >= 15 is 0 Å². The van der Waals surface area contributed by atoms with Crippen LogP contribution in [0.15, 0.2) is 24.3 Å². The average Bonchev–Trinajstić information content (AvgIpc) is 3.06. The highest BCUT2D eigenvalue weighted by Crippen LogP contribution is 2.22. The molecule has 0 aliphatic carbocycles.